The molecule has 0 saturated heterocycles. The molecule has 3 nitrogen and oxygen atoms in total. The second-order valence-corrected chi connectivity index (χ2v) is 28.1. The van der Waals surface area contributed by atoms with Crippen LogP contribution in [0.4, 0.5) is 0 Å². The topological polar surface area (TPSA) is 35.5 Å². The van der Waals surface area contributed by atoms with Gasteiger partial charge in [0, 0.05) is 16.3 Å². The quantitative estimate of drug-likeness (QED) is 0.157. The lowest BCUT2D eigenvalue weighted by Crippen LogP contribution is -2.53. The molecule has 0 radical (unpaired) electrons. The molecule has 0 N–H and O–H groups in total. The van der Waals surface area contributed by atoms with Crippen LogP contribution in [0.1, 0.15) is 52.7 Å². The summed E-state index contributed by atoms with van der Waals surface area (Å²) in [4.78, 5) is 0. The second-order valence-electron chi connectivity index (χ2n) is 18.4. The zero-order valence-electron chi connectivity index (χ0n) is 34.5. The summed E-state index contributed by atoms with van der Waals surface area (Å²) in [7, 11) is -6.73. The molecule has 8 rings (SSSR count). The molecule has 0 fully saturated rings. The van der Waals surface area contributed by atoms with E-state index < -0.39 is 24.4 Å². The van der Waals surface area contributed by atoms with Crippen LogP contribution >= 0.6 is 8.24 Å². The van der Waals surface area contributed by atoms with E-state index in [1.54, 1.807) is 0 Å². The summed E-state index contributed by atoms with van der Waals surface area (Å²) in [6.45, 7) is 23.3. The number of hydrogen-bond donors (Lipinski definition) is 0. The minimum Gasteiger partial charge on any atom is -0.390 e. The lowest BCUT2D eigenvalue weighted by Gasteiger charge is -2.26. The Kier molecular flexibility index (Phi) is 9.51. The molecule has 56 heavy (non-hydrogen) atoms. The highest BCUT2D eigenvalue weighted by atomic mass is 31.1. The first kappa shape index (κ1) is 38.1. The summed E-state index contributed by atoms with van der Waals surface area (Å²) >= 11 is 0. The molecule has 0 unspecified atom stereocenters. The van der Waals surface area contributed by atoms with Crippen molar-refractivity contribution in [2.75, 3.05) is 0 Å². The lowest BCUT2D eigenvalue weighted by molar-refractivity contribution is 0.477. The average Bonchev–Trinajstić information content (AvgIpc) is 3.34. The third-order valence-corrected chi connectivity index (χ3v) is 19.7. The summed E-state index contributed by atoms with van der Waals surface area (Å²) in [6.07, 6.45) is 0. The molecular formula is C50H53O3PSi2. The SMILES string of the molecule is CC(C)(C)c1ccc(Op2oc3c([Si](C)(C)c4ccccc4)cc4ccccc4c3c3c(o2)c([Si](C)(C)c2ccccc2)cc2ccccc23)c(C(C)(C)C)c1. The first-order chi connectivity index (χ1) is 26.5. The summed E-state index contributed by atoms with van der Waals surface area (Å²) in [5.41, 5.74) is 3.97. The average molecular weight is 789 g/mol. The molecule has 7 aromatic carbocycles. The van der Waals surface area contributed by atoms with Gasteiger partial charge in [0.2, 0.25) is 0 Å². The van der Waals surface area contributed by atoms with E-state index in [4.69, 9.17) is 12.9 Å². The number of fused-ring (bicyclic) bond motifs is 7. The Bertz CT molecular complexity index is 2640. The molecule has 1 heterocycles. The molecule has 0 spiro atoms. The molecule has 0 amide bonds. The highest BCUT2D eigenvalue weighted by Gasteiger charge is 2.34. The number of benzene rings is 7. The maximum Gasteiger partial charge on any atom is 0.453 e. The van der Waals surface area contributed by atoms with E-state index >= 15 is 0 Å². The van der Waals surface area contributed by atoms with Crippen LogP contribution in [0.2, 0.25) is 26.2 Å². The number of hydrogen-bond acceptors (Lipinski definition) is 3. The van der Waals surface area contributed by atoms with Gasteiger partial charge < -0.3 is 12.9 Å². The largest absolute Gasteiger partial charge is 0.453 e. The fourth-order valence-electron chi connectivity index (χ4n) is 8.24. The van der Waals surface area contributed by atoms with Crippen LogP contribution in [0.5, 0.6) is 5.75 Å². The van der Waals surface area contributed by atoms with Gasteiger partial charge in [-0.15, -0.1) is 0 Å². The molecule has 284 valence electrons. The van der Waals surface area contributed by atoms with E-state index in [-0.39, 0.29) is 10.8 Å². The van der Waals surface area contributed by atoms with E-state index in [0.29, 0.717) is 0 Å². The Morgan fingerprint density at radius 3 is 1.34 bits per heavy atom. The minimum absolute atomic E-state index is 0.00965. The summed E-state index contributed by atoms with van der Waals surface area (Å²) in [6, 6.07) is 51.0. The Hall–Kier alpha value is -4.81. The molecular weight excluding hydrogens is 736 g/mol. The molecule has 0 aliphatic heterocycles. The van der Waals surface area contributed by atoms with Gasteiger partial charge in [0.15, 0.2) is 0 Å². The van der Waals surface area contributed by atoms with Gasteiger partial charge in [0.05, 0.1) is 0 Å². The molecule has 1 aromatic heterocycles. The van der Waals surface area contributed by atoms with Crippen LogP contribution in [-0.2, 0) is 10.8 Å². The monoisotopic (exact) mass is 788 g/mol. The van der Waals surface area contributed by atoms with Gasteiger partial charge in [-0.1, -0.05) is 212 Å². The van der Waals surface area contributed by atoms with Crippen molar-refractivity contribution in [1.82, 2.24) is 0 Å². The molecule has 0 aliphatic carbocycles. The van der Waals surface area contributed by atoms with Gasteiger partial charge in [-0.3, -0.25) is 0 Å². The zero-order valence-corrected chi connectivity index (χ0v) is 37.3. The predicted octanol–water partition coefficient (Wildman–Crippen LogP) is 12.7. The maximum atomic E-state index is 7.45. The highest BCUT2D eigenvalue weighted by Crippen LogP contribution is 2.45. The summed E-state index contributed by atoms with van der Waals surface area (Å²) in [5.74, 6) is 0.797. The molecule has 0 atom stereocenters. The van der Waals surface area contributed by atoms with E-state index in [1.807, 2.05) is 0 Å². The highest BCUT2D eigenvalue weighted by molar-refractivity contribution is 7.32. The maximum absolute atomic E-state index is 7.45. The molecule has 6 heteroatoms. The van der Waals surface area contributed by atoms with Gasteiger partial charge in [-0.2, -0.15) is 0 Å². The summed E-state index contributed by atoms with van der Waals surface area (Å²) < 4.78 is 22.1. The van der Waals surface area contributed by atoms with Crippen LogP contribution < -0.4 is 25.3 Å². The van der Waals surface area contributed by atoms with Gasteiger partial charge in [-0.25, -0.2) is 0 Å². The normalized spacial score (nSPS) is 12.8. The van der Waals surface area contributed by atoms with E-state index in [2.05, 4.69) is 207 Å². The van der Waals surface area contributed by atoms with Gasteiger partial charge in [0.25, 0.3) is 0 Å². The number of rotatable bonds is 6. The molecule has 0 aliphatic rings. The van der Waals surface area contributed by atoms with Gasteiger partial charge in [-0.05, 0) is 54.4 Å². The Balaban J connectivity index is 1.59. The van der Waals surface area contributed by atoms with E-state index in [1.165, 1.54) is 37.1 Å². The third kappa shape index (κ3) is 6.74. The fourth-order valence-corrected chi connectivity index (χ4v) is 14.7. The molecule has 8 aromatic rings. The lowest BCUT2D eigenvalue weighted by atomic mass is 9.80. The first-order valence-corrected chi connectivity index (χ1v) is 26.9. The van der Waals surface area contributed by atoms with Crippen molar-refractivity contribution in [3.63, 3.8) is 0 Å². The van der Waals surface area contributed by atoms with E-state index in [0.717, 1.165) is 44.0 Å². The first-order valence-electron chi connectivity index (χ1n) is 19.8. The Morgan fingerprint density at radius 1 is 0.482 bits per heavy atom. The van der Waals surface area contributed by atoms with Crippen molar-refractivity contribution in [3.8, 4) is 5.75 Å². The Morgan fingerprint density at radius 2 is 0.911 bits per heavy atom. The molecule has 0 bridgehead atoms. The Labute approximate surface area is 335 Å². The van der Waals surface area contributed by atoms with E-state index in [9.17, 15) is 0 Å². The van der Waals surface area contributed by atoms with Crippen molar-refractivity contribution >= 4 is 88.6 Å². The van der Waals surface area contributed by atoms with Crippen molar-refractivity contribution < 1.29 is 12.9 Å². The van der Waals surface area contributed by atoms with Gasteiger partial charge >= 0.3 is 8.24 Å². The standard InChI is InChI=1S/C50H53O3PSi2/c1-49(2,3)36-29-30-42(41(33-36)50(4,5)6)51-54-52-47-43(55(7,8)37-23-13-11-14-24-37)31-34-21-17-19-27-39(34)45(47)46-40-28-20-18-22-35(40)32-44(48(46)53-54)56(9,10)38-25-15-12-16-26-38/h11-33H,1-10H3. The van der Waals surface area contributed by atoms with Crippen LogP contribution in [0, 0.1) is 0 Å². The smallest absolute Gasteiger partial charge is 0.390 e. The van der Waals surface area contributed by atoms with Crippen molar-refractivity contribution in [3.05, 3.63) is 151 Å². The van der Waals surface area contributed by atoms with Crippen LogP contribution in [-0.4, -0.2) is 16.1 Å². The van der Waals surface area contributed by atoms with Crippen LogP contribution in [0.15, 0.2) is 148 Å². The van der Waals surface area contributed by atoms with Gasteiger partial charge in [0.1, 0.15) is 33.1 Å². The van der Waals surface area contributed by atoms with Crippen molar-refractivity contribution in [2.45, 2.75) is 78.6 Å². The zero-order chi connectivity index (χ0) is 39.6. The van der Waals surface area contributed by atoms with Crippen molar-refractivity contribution in [1.29, 1.82) is 0 Å². The minimum atomic E-state index is -2.37. The van der Waals surface area contributed by atoms with Crippen LogP contribution in [0.25, 0.3) is 43.5 Å². The predicted molar refractivity (Wildman–Crippen MR) is 248 cm³/mol. The van der Waals surface area contributed by atoms with Crippen molar-refractivity contribution in [2.24, 2.45) is 0 Å². The second kappa shape index (κ2) is 14.0. The molecule has 0 saturated carbocycles. The summed E-state index contributed by atoms with van der Waals surface area (Å²) in [5, 5.41) is 12.0. The van der Waals surface area contributed by atoms with Crippen LogP contribution in [0.3, 0.4) is 0 Å². The third-order valence-electron chi connectivity index (χ3n) is 11.7. The fraction of sp³-hybridized carbons (Fsp3) is 0.240.